The van der Waals surface area contributed by atoms with Crippen molar-refractivity contribution in [2.24, 2.45) is 5.10 Å². The van der Waals surface area contributed by atoms with E-state index in [2.05, 4.69) is 28.7 Å². The smallest absolute Gasteiger partial charge is 0.260 e. The molecule has 0 fully saturated rings. The van der Waals surface area contributed by atoms with Crippen molar-refractivity contribution in [3.05, 3.63) is 107 Å². The zero-order valence-corrected chi connectivity index (χ0v) is 22.0. The average Bonchev–Trinajstić information content (AvgIpc) is 2.86. The van der Waals surface area contributed by atoms with Crippen molar-refractivity contribution in [2.45, 2.75) is 13.5 Å². The number of amides is 1. The number of carbonyl (C=O) groups is 1. The standard InChI is InChI=1S/C28H26ClN3O4S/c1-20-16-24(29)12-15-27(20)32(37(2,34)35)18-28(33)31-30-17-21-10-13-25(14-11-21)36-19-23-8-5-7-22-6-3-4-9-26(22)23/h3-17H,18-19H2,1-2H3,(H,31,33)/b30-17-. The zero-order chi connectivity index (χ0) is 26.4. The topological polar surface area (TPSA) is 88.1 Å². The minimum atomic E-state index is -3.70. The van der Waals surface area contributed by atoms with E-state index < -0.39 is 22.5 Å². The van der Waals surface area contributed by atoms with Gasteiger partial charge in [0.15, 0.2) is 0 Å². The summed E-state index contributed by atoms with van der Waals surface area (Å²) < 4.78 is 31.6. The number of rotatable bonds is 9. The number of anilines is 1. The lowest BCUT2D eigenvalue weighted by Gasteiger charge is -2.23. The van der Waals surface area contributed by atoms with Crippen LogP contribution in [0.25, 0.3) is 10.8 Å². The fraction of sp³-hybridized carbons (Fsp3) is 0.143. The molecule has 0 saturated heterocycles. The number of sulfonamides is 1. The Labute approximate surface area is 221 Å². The predicted molar refractivity (Wildman–Crippen MR) is 149 cm³/mol. The van der Waals surface area contributed by atoms with Gasteiger partial charge in [-0.1, -0.05) is 54.1 Å². The molecule has 1 amide bonds. The van der Waals surface area contributed by atoms with Crippen molar-refractivity contribution < 1.29 is 17.9 Å². The molecule has 0 aromatic heterocycles. The summed E-state index contributed by atoms with van der Waals surface area (Å²) in [4.78, 5) is 12.4. The Kier molecular flexibility index (Phi) is 8.11. The quantitative estimate of drug-likeness (QED) is 0.233. The highest BCUT2D eigenvalue weighted by molar-refractivity contribution is 7.92. The second-order valence-electron chi connectivity index (χ2n) is 8.49. The third-order valence-electron chi connectivity index (χ3n) is 5.67. The lowest BCUT2D eigenvalue weighted by Crippen LogP contribution is -2.39. The van der Waals surface area contributed by atoms with E-state index in [1.165, 1.54) is 11.6 Å². The minimum absolute atomic E-state index is 0.380. The number of fused-ring (bicyclic) bond motifs is 1. The van der Waals surface area contributed by atoms with Crippen LogP contribution in [0, 0.1) is 6.92 Å². The molecule has 7 nitrogen and oxygen atoms in total. The molecule has 0 atom stereocenters. The molecule has 0 unspecified atom stereocenters. The van der Waals surface area contributed by atoms with Crippen LogP contribution >= 0.6 is 11.6 Å². The van der Waals surface area contributed by atoms with Crippen LogP contribution in [0.15, 0.2) is 90.0 Å². The summed E-state index contributed by atoms with van der Waals surface area (Å²) in [6.07, 6.45) is 2.52. The van der Waals surface area contributed by atoms with Gasteiger partial charge in [-0.05, 0) is 76.9 Å². The summed E-state index contributed by atoms with van der Waals surface area (Å²) >= 11 is 5.97. The van der Waals surface area contributed by atoms with Gasteiger partial charge in [-0.25, -0.2) is 13.8 Å². The molecule has 0 aliphatic heterocycles. The Bertz CT molecular complexity index is 1550. The first-order chi connectivity index (χ1) is 17.7. The van der Waals surface area contributed by atoms with Crippen LogP contribution in [0.5, 0.6) is 5.75 Å². The van der Waals surface area contributed by atoms with Gasteiger partial charge in [-0.2, -0.15) is 5.10 Å². The first-order valence-electron chi connectivity index (χ1n) is 11.5. The molecule has 37 heavy (non-hydrogen) atoms. The van der Waals surface area contributed by atoms with Crippen LogP contribution in [0.2, 0.25) is 5.02 Å². The molecule has 0 bridgehead atoms. The maximum atomic E-state index is 12.4. The van der Waals surface area contributed by atoms with Crippen LogP contribution in [0.4, 0.5) is 5.69 Å². The van der Waals surface area contributed by atoms with Crippen LogP contribution in [-0.4, -0.2) is 33.3 Å². The van der Waals surface area contributed by atoms with Gasteiger partial charge in [0.2, 0.25) is 10.0 Å². The van der Waals surface area contributed by atoms with E-state index in [0.717, 1.165) is 27.1 Å². The number of nitrogens with one attached hydrogen (secondary N) is 1. The molecule has 4 rings (SSSR count). The van der Waals surface area contributed by atoms with Crippen molar-refractivity contribution in [3.8, 4) is 5.75 Å². The molecule has 4 aromatic carbocycles. The van der Waals surface area contributed by atoms with Crippen LogP contribution in [0.3, 0.4) is 0 Å². The fourth-order valence-corrected chi connectivity index (χ4v) is 4.99. The number of aryl methyl sites for hydroxylation is 1. The molecule has 9 heteroatoms. The summed E-state index contributed by atoms with van der Waals surface area (Å²) in [5.41, 5.74) is 5.24. The Morgan fingerprint density at radius 3 is 2.49 bits per heavy atom. The van der Waals surface area contributed by atoms with Gasteiger partial charge in [0.05, 0.1) is 18.2 Å². The third-order valence-corrected chi connectivity index (χ3v) is 7.03. The highest BCUT2D eigenvalue weighted by Gasteiger charge is 2.22. The van der Waals surface area contributed by atoms with Gasteiger partial charge in [0.25, 0.3) is 5.91 Å². The average molecular weight is 536 g/mol. The largest absolute Gasteiger partial charge is 0.489 e. The maximum absolute atomic E-state index is 12.4. The molecule has 1 N–H and O–H groups in total. The van der Waals surface area contributed by atoms with Crippen molar-refractivity contribution in [1.29, 1.82) is 0 Å². The van der Waals surface area contributed by atoms with Crippen molar-refractivity contribution in [1.82, 2.24) is 5.43 Å². The number of hydrogen-bond donors (Lipinski definition) is 1. The predicted octanol–water partition coefficient (Wildman–Crippen LogP) is 5.30. The highest BCUT2D eigenvalue weighted by atomic mass is 35.5. The number of benzene rings is 4. The monoisotopic (exact) mass is 535 g/mol. The molecular formula is C28H26ClN3O4S. The number of hydrogen-bond acceptors (Lipinski definition) is 5. The van der Waals surface area contributed by atoms with Crippen LogP contribution < -0.4 is 14.5 Å². The number of halogens is 1. The summed E-state index contributed by atoms with van der Waals surface area (Å²) in [5.74, 6) is 0.127. The molecule has 0 aliphatic carbocycles. The van der Waals surface area contributed by atoms with Crippen LogP contribution in [0.1, 0.15) is 16.7 Å². The molecule has 0 saturated carbocycles. The molecule has 4 aromatic rings. The molecule has 0 heterocycles. The van der Waals surface area contributed by atoms with E-state index >= 15 is 0 Å². The fourth-order valence-electron chi connectivity index (χ4n) is 3.85. The Morgan fingerprint density at radius 1 is 1.03 bits per heavy atom. The maximum Gasteiger partial charge on any atom is 0.260 e. The Balaban J connectivity index is 1.34. The van der Waals surface area contributed by atoms with E-state index in [4.69, 9.17) is 16.3 Å². The zero-order valence-electron chi connectivity index (χ0n) is 20.4. The SMILES string of the molecule is Cc1cc(Cl)ccc1N(CC(=O)N/N=C\c1ccc(OCc2cccc3ccccc23)cc1)S(C)(=O)=O. The number of ether oxygens (including phenoxy) is 1. The third kappa shape index (κ3) is 6.87. The van der Waals surface area contributed by atoms with E-state index in [0.29, 0.717) is 28.6 Å². The second kappa shape index (κ2) is 11.5. The van der Waals surface area contributed by atoms with E-state index in [1.54, 1.807) is 25.1 Å². The number of carbonyl (C=O) groups excluding carboxylic acids is 1. The first-order valence-corrected chi connectivity index (χ1v) is 13.7. The summed E-state index contributed by atoms with van der Waals surface area (Å²) in [6, 6.07) is 26.4. The summed E-state index contributed by atoms with van der Waals surface area (Å²) in [7, 11) is -3.70. The van der Waals surface area contributed by atoms with Gasteiger partial charge in [0, 0.05) is 5.02 Å². The number of hydrazone groups is 1. The normalized spacial score (nSPS) is 11.5. The van der Waals surface area contributed by atoms with E-state index in [1.807, 2.05) is 48.5 Å². The molecular weight excluding hydrogens is 510 g/mol. The van der Waals surface area contributed by atoms with Crippen molar-refractivity contribution >= 4 is 50.2 Å². The van der Waals surface area contributed by atoms with Gasteiger partial charge < -0.3 is 4.74 Å². The first kappa shape index (κ1) is 26.2. The lowest BCUT2D eigenvalue weighted by molar-refractivity contribution is -0.119. The summed E-state index contributed by atoms with van der Waals surface area (Å²) in [5, 5.41) is 6.76. The van der Waals surface area contributed by atoms with Gasteiger partial charge in [-0.15, -0.1) is 0 Å². The van der Waals surface area contributed by atoms with Gasteiger partial charge >= 0.3 is 0 Å². The molecule has 0 aliphatic rings. The molecule has 0 radical (unpaired) electrons. The Morgan fingerprint density at radius 2 is 1.76 bits per heavy atom. The Hall–Kier alpha value is -3.88. The van der Waals surface area contributed by atoms with E-state index in [-0.39, 0.29) is 0 Å². The summed E-state index contributed by atoms with van der Waals surface area (Å²) in [6.45, 7) is 1.75. The van der Waals surface area contributed by atoms with Crippen molar-refractivity contribution in [2.75, 3.05) is 17.1 Å². The second-order valence-corrected chi connectivity index (χ2v) is 10.8. The highest BCUT2D eigenvalue weighted by Crippen LogP contribution is 2.25. The van der Waals surface area contributed by atoms with Crippen LogP contribution in [-0.2, 0) is 21.4 Å². The van der Waals surface area contributed by atoms with E-state index in [9.17, 15) is 13.2 Å². The molecule has 0 spiro atoms. The lowest BCUT2D eigenvalue weighted by atomic mass is 10.1. The molecule has 190 valence electrons. The minimum Gasteiger partial charge on any atom is -0.489 e. The number of nitrogens with zero attached hydrogens (tertiary/aromatic N) is 2. The van der Waals surface area contributed by atoms with Crippen molar-refractivity contribution in [3.63, 3.8) is 0 Å². The van der Waals surface area contributed by atoms with Gasteiger partial charge in [0.1, 0.15) is 18.9 Å². The van der Waals surface area contributed by atoms with Gasteiger partial charge in [-0.3, -0.25) is 9.10 Å².